The van der Waals surface area contributed by atoms with Gasteiger partial charge < -0.3 is 10.6 Å². The number of nitrogens with zero attached hydrogens (tertiary/aromatic N) is 1. The van der Waals surface area contributed by atoms with E-state index >= 15 is 0 Å². The Morgan fingerprint density at radius 2 is 2.17 bits per heavy atom. The molecule has 1 aromatic rings. The van der Waals surface area contributed by atoms with Crippen LogP contribution in [0.4, 0.5) is 5.69 Å². The molecule has 1 saturated carbocycles. The van der Waals surface area contributed by atoms with Crippen LogP contribution >= 0.6 is 0 Å². The largest absolute Gasteiger partial charge is 0.399 e. The molecule has 1 fully saturated rings. The molecule has 0 heterocycles. The smallest absolute Gasteiger partial charge is 0.253 e. The van der Waals surface area contributed by atoms with Crippen molar-refractivity contribution in [1.29, 1.82) is 0 Å². The summed E-state index contributed by atoms with van der Waals surface area (Å²) >= 11 is 0. The molecule has 98 valence electrons. The second-order valence-electron chi connectivity index (χ2n) is 5.21. The lowest BCUT2D eigenvalue weighted by Crippen LogP contribution is -2.37. The van der Waals surface area contributed by atoms with E-state index < -0.39 is 0 Å². The fraction of sp³-hybridized carbons (Fsp3) is 0.533. The van der Waals surface area contributed by atoms with Gasteiger partial charge in [0.15, 0.2) is 0 Å². The highest BCUT2D eigenvalue weighted by Gasteiger charge is 2.23. The van der Waals surface area contributed by atoms with Crippen LogP contribution in [0, 0.1) is 12.8 Å². The Labute approximate surface area is 109 Å². The molecule has 3 nitrogen and oxygen atoms in total. The summed E-state index contributed by atoms with van der Waals surface area (Å²) in [6, 6.07) is 5.54. The molecule has 0 bridgehead atoms. The van der Waals surface area contributed by atoms with E-state index in [0.717, 1.165) is 29.9 Å². The Bertz CT molecular complexity index is 438. The van der Waals surface area contributed by atoms with Gasteiger partial charge in [-0.25, -0.2) is 0 Å². The van der Waals surface area contributed by atoms with Crippen LogP contribution in [0.1, 0.15) is 42.1 Å². The minimum Gasteiger partial charge on any atom is -0.399 e. The number of nitrogens with two attached hydrogens (primary N) is 1. The normalized spacial score (nSPS) is 15.2. The molecule has 0 atom stereocenters. The number of hydrogen-bond donors (Lipinski definition) is 1. The summed E-state index contributed by atoms with van der Waals surface area (Å²) in [5.41, 5.74) is 8.25. The van der Waals surface area contributed by atoms with Crippen molar-refractivity contribution in [2.24, 2.45) is 5.92 Å². The van der Waals surface area contributed by atoms with Crippen LogP contribution in [0.3, 0.4) is 0 Å². The van der Waals surface area contributed by atoms with E-state index in [4.69, 9.17) is 5.73 Å². The van der Waals surface area contributed by atoms with Crippen LogP contribution in [-0.4, -0.2) is 23.9 Å². The molecule has 0 spiro atoms. The van der Waals surface area contributed by atoms with E-state index in [2.05, 4.69) is 0 Å². The highest BCUT2D eigenvalue weighted by atomic mass is 16.2. The third-order valence-electron chi connectivity index (χ3n) is 3.89. The minimum atomic E-state index is 0.132. The van der Waals surface area contributed by atoms with Gasteiger partial charge in [0.25, 0.3) is 5.91 Å². The van der Waals surface area contributed by atoms with E-state index in [9.17, 15) is 4.79 Å². The molecule has 1 aliphatic carbocycles. The molecule has 18 heavy (non-hydrogen) atoms. The topological polar surface area (TPSA) is 46.3 Å². The van der Waals surface area contributed by atoms with Crippen molar-refractivity contribution in [1.82, 2.24) is 4.90 Å². The van der Waals surface area contributed by atoms with Crippen molar-refractivity contribution in [3.63, 3.8) is 0 Å². The number of rotatable bonds is 4. The molecule has 1 amide bonds. The lowest BCUT2D eigenvalue weighted by Gasteiger charge is -2.32. The monoisotopic (exact) mass is 246 g/mol. The molecule has 2 N–H and O–H groups in total. The van der Waals surface area contributed by atoms with Crippen molar-refractivity contribution >= 4 is 11.6 Å². The fourth-order valence-electron chi connectivity index (χ4n) is 2.33. The van der Waals surface area contributed by atoms with Gasteiger partial charge in [0.05, 0.1) is 0 Å². The third kappa shape index (κ3) is 2.66. The molecule has 0 aromatic heterocycles. The summed E-state index contributed by atoms with van der Waals surface area (Å²) < 4.78 is 0. The summed E-state index contributed by atoms with van der Waals surface area (Å²) in [7, 11) is 0. The second kappa shape index (κ2) is 5.42. The molecule has 0 radical (unpaired) electrons. The third-order valence-corrected chi connectivity index (χ3v) is 3.89. The maximum absolute atomic E-state index is 12.4. The Hall–Kier alpha value is -1.51. The first-order valence-corrected chi connectivity index (χ1v) is 6.77. The van der Waals surface area contributed by atoms with Gasteiger partial charge in [-0.05, 0) is 56.4 Å². The maximum atomic E-state index is 12.4. The molecule has 0 unspecified atom stereocenters. The Kier molecular flexibility index (Phi) is 3.90. The first-order valence-electron chi connectivity index (χ1n) is 6.77. The number of nitrogen functional groups attached to an aromatic ring is 1. The van der Waals surface area contributed by atoms with E-state index in [1.165, 1.54) is 19.3 Å². The van der Waals surface area contributed by atoms with E-state index in [1.54, 1.807) is 0 Å². The van der Waals surface area contributed by atoms with E-state index in [0.29, 0.717) is 5.92 Å². The fourth-order valence-corrected chi connectivity index (χ4v) is 2.33. The number of carbonyl (C=O) groups excluding carboxylic acids is 1. The van der Waals surface area contributed by atoms with Crippen molar-refractivity contribution in [2.45, 2.75) is 33.1 Å². The maximum Gasteiger partial charge on any atom is 0.253 e. The second-order valence-corrected chi connectivity index (χ2v) is 5.21. The predicted molar refractivity (Wildman–Crippen MR) is 74.5 cm³/mol. The zero-order valence-corrected chi connectivity index (χ0v) is 11.3. The lowest BCUT2D eigenvalue weighted by atomic mass is 9.85. The van der Waals surface area contributed by atoms with Gasteiger partial charge in [-0.2, -0.15) is 0 Å². The summed E-state index contributed by atoms with van der Waals surface area (Å²) in [6.45, 7) is 5.66. The van der Waals surface area contributed by atoms with Crippen LogP contribution in [0.2, 0.25) is 0 Å². The summed E-state index contributed by atoms with van der Waals surface area (Å²) in [4.78, 5) is 14.4. The highest BCUT2D eigenvalue weighted by Crippen LogP contribution is 2.27. The predicted octanol–water partition coefficient (Wildman–Crippen LogP) is 2.84. The van der Waals surface area contributed by atoms with Crippen molar-refractivity contribution < 1.29 is 4.79 Å². The van der Waals surface area contributed by atoms with E-state index in [-0.39, 0.29) is 5.91 Å². The number of hydrogen-bond acceptors (Lipinski definition) is 2. The average molecular weight is 246 g/mol. The number of aryl methyl sites for hydroxylation is 1. The quantitative estimate of drug-likeness (QED) is 0.830. The molecule has 3 heteroatoms. The van der Waals surface area contributed by atoms with Gasteiger partial charge in [0.2, 0.25) is 0 Å². The van der Waals surface area contributed by atoms with Crippen molar-refractivity contribution in [3.8, 4) is 0 Å². The average Bonchev–Trinajstić information content (AvgIpc) is 2.31. The summed E-state index contributed by atoms with van der Waals surface area (Å²) in [5.74, 6) is 0.844. The van der Waals surface area contributed by atoms with Crippen molar-refractivity contribution in [3.05, 3.63) is 29.3 Å². The zero-order chi connectivity index (χ0) is 13.1. The molecule has 0 saturated heterocycles. The molecular formula is C15H22N2O. The first kappa shape index (κ1) is 12.9. The van der Waals surface area contributed by atoms with Crippen LogP contribution in [0.5, 0.6) is 0 Å². The number of anilines is 1. The molecule has 2 rings (SSSR count). The number of amides is 1. The van der Waals surface area contributed by atoms with Crippen LogP contribution in [0.25, 0.3) is 0 Å². The SMILES string of the molecule is CCN(CC1CCC1)C(=O)c1ccc(N)c(C)c1. The molecule has 1 aromatic carbocycles. The lowest BCUT2D eigenvalue weighted by molar-refractivity contribution is 0.0706. The number of carbonyl (C=O) groups is 1. The molecular weight excluding hydrogens is 224 g/mol. The van der Waals surface area contributed by atoms with Gasteiger partial charge in [0, 0.05) is 24.3 Å². The van der Waals surface area contributed by atoms with Crippen LogP contribution in [0.15, 0.2) is 18.2 Å². The summed E-state index contributed by atoms with van der Waals surface area (Å²) in [6.07, 6.45) is 3.85. The minimum absolute atomic E-state index is 0.132. The Morgan fingerprint density at radius 3 is 2.67 bits per heavy atom. The van der Waals surface area contributed by atoms with Gasteiger partial charge >= 0.3 is 0 Å². The van der Waals surface area contributed by atoms with Crippen molar-refractivity contribution in [2.75, 3.05) is 18.8 Å². The van der Waals surface area contributed by atoms with Crippen LogP contribution < -0.4 is 5.73 Å². The highest BCUT2D eigenvalue weighted by molar-refractivity contribution is 5.94. The number of benzene rings is 1. The Balaban J connectivity index is 2.09. The standard InChI is InChI=1S/C15H22N2O/c1-3-17(10-12-5-4-6-12)15(18)13-7-8-14(16)11(2)9-13/h7-9,12H,3-6,10,16H2,1-2H3. The molecule has 0 aliphatic heterocycles. The van der Waals surface area contributed by atoms with Gasteiger partial charge in [0.1, 0.15) is 0 Å². The Morgan fingerprint density at radius 1 is 1.44 bits per heavy atom. The van der Waals surface area contributed by atoms with Gasteiger partial charge in [-0.15, -0.1) is 0 Å². The summed E-state index contributed by atoms with van der Waals surface area (Å²) in [5, 5.41) is 0. The van der Waals surface area contributed by atoms with Gasteiger partial charge in [-0.1, -0.05) is 6.42 Å². The first-order chi connectivity index (χ1) is 8.61. The zero-order valence-electron chi connectivity index (χ0n) is 11.3. The van der Waals surface area contributed by atoms with Crippen LogP contribution in [-0.2, 0) is 0 Å². The van der Waals surface area contributed by atoms with Gasteiger partial charge in [-0.3, -0.25) is 4.79 Å². The molecule has 1 aliphatic rings. The van der Waals surface area contributed by atoms with E-state index in [1.807, 2.05) is 36.9 Å².